The Morgan fingerprint density at radius 3 is 2.00 bits per heavy atom. The maximum absolute atomic E-state index is 5.99. The molecule has 0 saturated carbocycles. The standard InChI is InChI=1S/C21H24N3OS2/c1-11-8-17(15(5)26-11)19-20(18-9-12(2)27-16(18)6)24(10-23(19)7)21-22-13(3)14(4)25-21/h8-10H,1-7H3/q+1. The number of oxazole rings is 1. The molecule has 4 aromatic rings. The summed E-state index contributed by atoms with van der Waals surface area (Å²) in [5.74, 6) is 0.856. The van der Waals surface area contributed by atoms with Gasteiger partial charge in [-0.25, -0.2) is 4.57 Å². The summed E-state index contributed by atoms with van der Waals surface area (Å²) in [7, 11) is 2.10. The van der Waals surface area contributed by atoms with Gasteiger partial charge in [-0.3, -0.25) is 0 Å². The monoisotopic (exact) mass is 398 g/mol. The molecule has 0 saturated heterocycles. The number of rotatable bonds is 3. The molecule has 0 radical (unpaired) electrons. The Labute approximate surface area is 167 Å². The van der Waals surface area contributed by atoms with E-state index < -0.39 is 0 Å². The van der Waals surface area contributed by atoms with Crippen LogP contribution in [0.25, 0.3) is 28.5 Å². The summed E-state index contributed by atoms with van der Waals surface area (Å²) in [6, 6.07) is 5.17. The average molecular weight is 399 g/mol. The highest BCUT2D eigenvalue weighted by Crippen LogP contribution is 2.40. The van der Waals surface area contributed by atoms with Crippen molar-refractivity contribution in [2.45, 2.75) is 41.5 Å². The minimum absolute atomic E-state index is 0.620. The highest BCUT2D eigenvalue weighted by molar-refractivity contribution is 7.12. The van der Waals surface area contributed by atoms with Gasteiger partial charge in [0.15, 0.2) is 11.4 Å². The molecular weight excluding hydrogens is 374 g/mol. The van der Waals surface area contributed by atoms with Crippen molar-refractivity contribution in [3.05, 3.63) is 49.4 Å². The first-order valence-corrected chi connectivity index (χ1v) is 10.6. The van der Waals surface area contributed by atoms with Crippen LogP contribution in [0.2, 0.25) is 0 Å². The predicted molar refractivity (Wildman–Crippen MR) is 112 cm³/mol. The van der Waals surface area contributed by atoms with Crippen LogP contribution < -0.4 is 4.57 Å². The molecule has 4 nitrogen and oxygen atoms in total. The fourth-order valence-electron chi connectivity index (χ4n) is 3.58. The van der Waals surface area contributed by atoms with Gasteiger partial charge in [-0.2, -0.15) is 4.98 Å². The summed E-state index contributed by atoms with van der Waals surface area (Å²) in [4.78, 5) is 9.93. The Balaban J connectivity index is 2.08. The maximum atomic E-state index is 5.99. The van der Waals surface area contributed by atoms with Crippen LogP contribution in [-0.4, -0.2) is 9.55 Å². The van der Waals surface area contributed by atoms with Crippen LogP contribution in [0.1, 0.15) is 31.0 Å². The van der Waals surface area contributed by atoms with E-state index in [0.717, 1.165) is 17.1 Å². The molecule has 27 heavy (non-hydrogen) atoms. The Kier molecular flexibility index (Phi) is 4.35. The molecular formula is C21H24N3OS2+. The molecule has 0 bridgehead atoms. The minimum atomic E-state index is 0.620. The first-order chi connectivity index (χ1) is 12.8. The predicted octanol–water partition coefficient (Wildman–Crippen LogP) is 5.60. The number of thiophene rings is 2. The van der Waals surface area contributed by atoms with Crippen molar-refractivity contribution in [3.8, 4) is 28.5 Å². The molecule has 6 heteroatoms. The van der Waals surface area contributed by atoms with Gasteiger partial charge in [0.25, 0.3) is 6.33 Å². The number of hydrogen-bond donors (Lipinski definition) is 0. The van der Waals surface area contributed by atoms with Crippen molar-refractivity contribution < 1.29 is 8.98 Å². The van der Waals surface area contributed by atoms with Gasteiger partial charge in [0.1, 0.15) is 5.76 Å². The summed E-state index contributed by atoms with van der Waals surface area (Å²) in [6.45, 7) is 12.7. The number of aryl methyl sites for hydroxylation is 7. The largest absolute Gasteiger partial charge is 0.411 e. The van der Waals surface area contributed by atoms with E-state index in [9.17, 15) is 0 Å². The van der Waals surface area contributed by atoms with E-state index in [1.807, 2.05) is 36.5 Å². The van der Waals surface area contributed by atoms with Crippen molar-refractivity contribution in [2.24, 2.45) is 7.05 Å². The first kappa shape index (κ1) is 18.2. The molecule has 0 fully saturated rings. The van der Waals surface area contributed by atoms with Crippen LogP contribution in [0.5, 0.6) is 0 Å². The lowest BCUT2D eigenvalue weighted by molar-refractivity contribution is -0.659. The summed E-state index contributed by atoms with van der Waals surface area (Å²) in [5, 5.41) is 0. The SMILES string of the molecule is Cc1cc(-c2c(-c3cc(C)sc3C)[n+](C)cn2-c2nc(C)c(C)o2)c(C)s1. The maximum Gasteiger partial charge on any atom is 0.401 e. The first-order valence-electron chi connectivity index (χ1n) is 8.96. The van der Waals surface area contributed by atoms with Crippen LogP contribution in [0.4, 0.5) is 0 Å². The number of imidazole rings is 1. The van der Waals surface area contributed by atoms with E-state index in [1.54, 1.807) is 0 Å². The average Bonchev–Trinajstić information content (AvgIpc) is 3.28. The molecule has 4 aromatic heterocycles. The summed E-state index contributed by atoms with van der Waals surface area (Å²) in [5.41, 5.74) is 5.78. The quantitative estimate of drug-likeness (QED) is 0.421. The molecule has 4 heterocycles. The highest BCUT2D eigenvalue weighted by Gasteiger charge is 2.31. The molecule has 0 unspecified atom stereocenters. The van der Waals surface area contributed by atoms with E-state index in [0.29, 0.717) is 6.01 Å². The normalized spacial score (nSPS) is 11.5. The van der Waals surface area contributed by atoms with Crippen LogP contribution >= 0.6 is 22.7 Å². The van der Waals surface area contributed by atoms with Crippen LogP contribution in [0.3, 0.4) is 0 Å². The Morgan fingerprint density at radius 1 is 0.926 bits per heavy atom. The fourth-order valence-corrected chi connectivity index (χ4v) is 5.43. The molecule has 140 valence electrons. The molecule has 0 amide bonds. The summed E-state index contributed by atoms with van der Waals surface area (Å²) >= 11 is 3.67. The molecule has 0 aromatic carbocycles. The summed E-state index contributed by atoms with van der Waals surface area (Å²) in [6.07, 6.45) is 2.08. The van der Waals surface area contributed by atoms with Gasteiger partial charge in [0.05, 0.1) is 12.7 Å². The second-order valence-electron chi connectivity index (χ2n) is 7.09. The third-order valence-corrected chi connectivity index (χ3v) is 6.85. The van der Waals surface area contributed by atoms with Crippen LogP contribution in [0.15, 0.2) is 22.9 Å². The number of hydrogen-bond acceptors (Lipinski definition) is 4. The molecule has 0 aliphatic heterocycles. The van der Waals surface area contributed by atoms with Gasteiger partial charge in [-0.1, -0.05) is 0 Å². The Bertz CT molecular complexity index is 1140. The number of nitrogens with zero attached hydrogens (tertiary/aromatic N) is 3. The van der Waals surface area contributed by atoms with E-state index in [4.69, 9.17) is 4.42 Å². The zero-order valence-corrected chi connectivity index (χ0v) is 18.4. The van der Waals surface area contributed by atoms with Crippen molar-refractivity contribution in [1.29, 1.82) is 0 Å². The van der Waals surface area contributed by atoms with E-state index in [1.165, 1.54) is 36.3 Å². The Hall–Kier alpha value is -2.18. The second kappa shape index (κ2) is 6.46. The molecule has 0 atom stereocenters. The lowest BCUT2D eigenvalue weighted by Gasteiger charge is -2.02. The zero-order chi connectivity index (χ0) is 19.5. The van der Waals surface area contributed by atoms with Crippen LogP contribution in [-0.2, 0) is 7.05 Å². The minimum Gasteiger partial charge on any atom is -0.411 e. The van der Waals surface area contributed by atoms with Crippen molar-refractivity contribution in [1.82, 2.24) is 9.55 Å². The van der Waals surface area contributed by atoms with Gasteiger partial charge >= 0.3 is 6.01 Å². The van der Waals surface area contributed by atoms with Crippen molar-refractivity contribution in [3.63, 3.8) is 0 Å². The summed E-state index contributed by atoms with van der Waals surface area (Å²) < 4.78 is 10.3. The van der Waals surface area contributed by atoms with Crippen molar-refractivity contribution >= 4 is 22.7 Å². The molecule has 0 aliphatic carbocycles. The van der Waals surface area contributed by atoms with E-state index in [2.05, 4.69) is 67.3 Å². The lowest BCUT2D eigenvalue weighted by Crippen LogP contribution is -2.27. The van der Waals surface area contributed by atoms with Gasteiger partial charge in [0.2, 0.25) is 0 Å². The fraction of sp³-hybridized carbons (Fsp3) is 0.333. The second-order valence-corrected chi connectivity index (χ2v) is 10.0. The van der Waals surface area contributed by atoms with Gasteiger partial charge < -0.3 is 4.42 Å². The highest BCUT2D eigenvalue weighted by atomic mass is 32.1. The van der Waals surface area contributed by atoms with Gasteiger partial charge in [-0.15, -0.1) is 27.2 Å². The topological polar surface area (TPSA) is 34.8 Å². The van der Waals surface area contributed by atoms with Crippen molar-refractivity contribution in [2.75, 3.05) is 0 Å². The molecule has 4 rings (SSSR count). The zero-order valence-electron chi connectivity index (χ0n) is 16.8. The smallest absolute Gasteiger partial charge is 0.401 e. The van der Waals surface area contributed by atoms with Gasteiger partial charge in [-0.05, 0) is 53.7 Å². The molecule has 0 spiro atoms. The number of aromatic nitrogens is 3. The molecule has 0 N–H and O–H groups in total. The van der Waals surface area contributed by atoms with E-state index in [-0.39, 0.29) is 0 Å². The lowest BCUT2D eigenvalue weighted by atomic mass is 10.1. The third kappa shape index (κ3) is 2.97. The van der Waals surface area contributed by atoms with Crippen LogP contribution in [0, 0.1) is 41.5 Å². The molecule has 0 aliphatic rings. The van der Waals surface area contributed by atoms with Gasteiger partial charge in [0, 0.05) is 30.6 Å². The Morgan fingerprint density at radius 2 is 1.52 bits per heavy atom. The van der Waals surface area contributed by atoms with E-state index >= 15 is 0 Å². The third-order valence-electron chi connectivity index (χ3n) is 4.92.